The van der Waals surface area contributed by atoms with Gasteiger partial charge in [-0.1, -0.05) is 87.5 Å². The maximum atomic E-state index is 11.6. The summed E-state index contributed by atoms with van der Waals surface area (Å²) in [5.74, 6) is 0. The Balaban J connectivity index is 0.000000423. The molecule has 0 aliphatic rings. The van der Waals surface area contributed by atoms with E-state index in [9.17, 15) is 13.0 Å². The maximum Gasteiger partial charge on any atom is 0.294 e. The molecular weight excluding hydrogens is 425 g/mol. The van der Waals surface area contributed by atoms with Crippen molar-refractivity contribution in [3.05, 3.63) is 84.4 Å². The van der Waals surface area contributed by atoms with Crippen LogP contribution in [-0.2, 0) is 10.1 Å². The van der Waals surface area contributed by atoms with Gasteiger partial charge in [0.15, 0.2) is 0 Å². The third kappa shape index (κ3) is 7.26. The van der Waals surface area contributed by atoms with Crippen molar-refractivity contribution < 1.29 is 13.0 Å². The van der Waals surface area contributed by atoms with Gasteiger partial charge in [0, 0.05) is 0 Å². The van der Waals surface area contributed by atoms with E-state index < -0.39 is 18.0 Å². The summed E-state index contributed by atoms with van der Waals surface area (Å²) in [5, 5.41) is 3.20. The summed E-state index contributed by atoms with van der Waals surface area (Å²) in [6.45, 7) is 12.1. The van der Waals surface area contributed by atoms with Crippen LogP contribution in [0.1, 0.15) is 26.3 Å². The maximum absolute atomic E-state index is 11.6. The van der Waals surface area contributed by atoms with Crippen molar-refractivity contribution in [3.8, 4) is 0 Å². The van der Waals surface area contributed by atoms with Gasteiger partial charge in [0.05, 0.1) is 4.90 Å². The van der Waals surface area contributed by atoms with E-state index >= 15 is 0 Å². The Kier molecular flexibility index (Phi) is 9.86. The molecule has 6 heteroatoms. The second-order valence-corrected chi connectivity index (χ2v) is 10.7. The minimum atomic E-state index is -4.23. The van der Waals surface area contributed by atoms with E-state index in [1.807, 2.05) is 43.3 Å². The highest BCUT2D eigenvalue weighted by atomic mass is 32.2. The minimum absolute atomic E-state index is 0.0672. The molecule has 0 saturated carbocycles. The zero-order valence-electron chi connectivity index (χ0n) is 18.7. The highest BCUT2D eigenvalue weighted by molar-refractivity contribution is 7.86. The molecule has 0 radical (unpaired) electrons. The highest BCUT2D eigenvalue weighted by Gasteiger charge is 2.20. The normalized spacial score (nSPS) is 11.3. The summed E-state index contributed by atoms with van der Waals surface area (Å²) in [6.07, 6.45) is 0. The average molecular weight is 458 g/mol. The van der Waals surface area contributed by atoms with Gasteiger partial charge in [-0.2, -0.15) is 8.42 Å². The van der Waals surface area contributed by atoms with Crippen LogP contribution in [0.2, 0.25) is 0 Å². The van der Waals surface area contributed by atoms with Crippen LogP contribution in [-0.4, -0.2) is 37.5 Å². The standard InChI is InChI=1S/C19H17O3PS.C6H15N/c1-15-12-13-18(24(20,21)22)14-19(15)23(16-8-4-2-5-9-16)17-10-6-3-7-11-17;1-4-7(5-2)6-3/h2-14H,1H3,(H,20,21,22);4-6H2,1-3H3. The van der Waals surface area contributed by atoms with Gasteiger partial charge in [-0.05, 0) is 68.1 Å². The summed E-state index contributed by atoms with van der Waals surface area (Å²) in [6, 6.07) is 24.9. The number of hydrogen-bond donors (Lipinski definition) is 1. The number of nitrogens with zero attached hydrogens (tertiary/aromatic N) is 1. The molecule has 0 spiro atoms. The molecule has 3 aromatic rings. The first-order valence-electron chi connectivity index (χ1n) is 10.5. The first-order valence-corrected chi connectivity index (χ1v) is 13.3. The third-order valence-corrected chi connectivity index (χ3v) is 8.53. The largest absolute Gasteiger partial charge is 0.304 e. The number of hydrogen-bond acceptors (Lipinski definition) is 3. The molecule has 4 nitrogen and oxygen atoms in total. The van der Waals surface area contributed by atoms with Crippen LogP contribution in [0.25, 0.3) is 0 Å². The van der Waals surface area contributed by atoms with Crippen LogP contribution >= 0.6 is 7.92 Å². The summed E-state index contributed by atoms with van der Waals surface area (Å²) >= 11 is 0. The second-order valence-electron chi connectivity index (χ2n) is 7.05. The zero-order chi connectivity index (χ0) is 22.9. The van der Waals surface area contributed by atoms with Gasteiger partial charge < -0.3 is 4.90 Å². The van der Waals surface area contributed by atoms with Crippen molar-refractivity contribution in [1.82, 2.24) is 4.90 Å². The smallest absolute Gasteiger partial charge is 0.294 e. The molecule has 31 heavy (non-hydrogen) atoms. The molecule has 0 fully saturated rings. The van der Waals surface area contributed by atoms with Crippen molar-refractivity contribution in [2.45, 2.75) is 32.6 Å². The van der Waals surface area contributed by atoms with Crippen molar-refractivity contribution in [2.75, 3.05) is 19.6 Å². The summed E-state index contributed by atoms with van der Waals surface area (Å²) in [7, 11) is -5.14. The van der Waals surface area contributed by atoms with E-state index in [0.717, 1.165) is 21.5 Å². The first kappa shape index (κ1) is 25.2. The fourth-order valence-corrected chi connectivity index (χ4v) is 6.33. The van der Waals surface area contributed by atoms with Crippen LogP contribution < -0.4 is 15.9 Å². The molecule has 0 aliphatic heterocycles. The molecule has 0 aliphatic carbocycles. The van der Waals surface area contributed by atoms with Gasteiger partial charge in [0.2, 0.25) is 0 Å². The Labute approximate surface area is 188 Å². The van der Waals surface area contributed by atoms with Crippen molar-refractivity contribution in [1.29, 1.82) is 0 Å². The predicted octanol–water partition coefficient (Wildman–Crippen LogP) is 4.35. The average Bonchev–Trinajstić information content (AvgIpc) is 2.78. The summed E-state index contributed by atoms with van der Waals surface area (Å²) in [5.41, 5.74) is 1.00. The van der Waals surface area contributed by atoms with Gasteiger partial charge in [-0.15, -0.1) is 0 Å². The number of aryl methyl sites for hydroxylation is 1. The van der Waals surface area contributed by atoms with Gasteiger partial charge in [0.25, 0.3) is 10.1 Å². The van der Waals surface area contributed by atoms with Gasteiger partial charge in [-0.3, -0.25) is 4.55 Å². The molecule has 0 atom stereocenters. The molecule has 3 aromatic carbocycles. The van der Waals surface area contributed by atoms with Crippen LogP contribution in [0.3, 0.4) is 0 Å². The molecule has 0 heterocycles. The monoisotopic (exact) mass is 457 g/mol. The fourth-order valence-electron chi connectivity index (χ4n) is 3.24. The Morgan fingerprint density at radius 3 is 1.58 bits per heavy atom. The van der Waals surface area contributed by atoms with E-state index in [1.165, 1.54) is 25.7 Å². The summed E-state index contributed by atoms with van der Waals surface area (Å²) < 4.78 is 32.5. The lowest BCUT2D eigenvalue weighted by atomic mass is 10.2. The van der Waals surface area contributed by atoms with Crippen molar-refractivity contribution >= 4 is 34.0 Å². The molecule has 0 aromatic heterocycles. The van der Waals surface area contributed by atoms with Gasteiger partial charge in [-0.25, -0.2) is 0 Å². The third-order valence-electron chi connectivity index (χ3n) is 5.09. The molecule has 0 saturated heterocycles. The van der Waals surface area contributed by atoms with Gasteiger partial charge >= 0.3 is 0 Å². The fraction of sp³-hybridized carbons (Fsp3) is 0.280. The van der Waals surface area contributed by atoms with E-state index in [4.69, 9.17) is 0 Å². The first-order chi connectivity index (χ1) is 14.8. The second kappa shape index (κ2) is 12.1. The molecule has 166 valence electrons. The predicted molar refractivity (Wildman–Crippen MR) is 133 cm³/mol. The quantitative estimate of drug-likeness (QED) is 0.423. The van der Waals surface area contributed by atoms with E-state index in [0.29, 0.717) is 0 Å². The van der Waals surface area contributed by atoms with Crippen molar-refractivity contribution in [3.63, 3.8) is 0 Å². The van der Waals surface area contributed by atoms with Crippen molar-refractivity contribution in [2.24, 2.45) is 0 Å². The number of rotatable bonds is 7. The van der Waals surface area contributed by atoms with E-state index in [1.54, 1.807) is 12.1 Å². The SMILES string of the molecule is CCN(CC)CC.Cc1ccc(S(=O)(=O)O)cc1P(c1ccccc1)c1ccccc1. The lowest BCUT2D eigenvalue weighted by Crippen LogP contribution is -2.23. The van der Waals surface area contributed by atoms with E-state index in [-0.39, 0.29) is 4.90 Å². The molecule has 0 bridgehead atoms. The van der Waals surface area contributed by atoms with Crippen LogP contribution in [0.15, 0.2) is 83.8 Å². The Bertz CT molecular complexity index is 992. The lowest BCUT2D eigenvalue weighted by Gasteiger charge is -2.21. The van der Waals surface area contributed by atoms with Crippen LogP contribution in [0, 0.1) is 6.92 Å². The van der Waals surface area contributed by atoms with Crippen LogP contribution in [0.5, 0.6) is 0 Å². The molecule has 1 N–H and O–H groups in total. The Hall–Kier alpha value is -2.04. The molecular formula is C25H32NO3PS. The topological polar surface area (TPSA) is 57.6 Å². The Morgan fingerprint density at radius 2 is 1.23 bits per heavy atom. The van der Waals surface area contributed by atoms with E-state index in [2.05, 4.69) is 49.9 Å². The lowest BCUT2D eigenvalue weighted by molar-refractivity contribution is 0.321. The molecule has 0 unspecified atom stereocenters. The molecule has 0 amide bonds. The minimum Gasteiger partial charge on any atom is -0.304 e. The Morgan fingerprint density at radius 1 is 0.774 bits per heavy atom. The summed E-state index contributed by atoms with van der Waals surface area (Å²) in [4.78, 5) is 2.31. The van der Waals surface area contributed by atoms with Gasteiger partial charge in [0.1, 0.15) is 0 Å². The number of benzene rings is 3. The van der Waals surface area contributed by atoms with Crippen LogP contribution in [0.4, 0.5) is 0 Å². The highest BCUT2D eigenvalue weighted by Crippen LogP contribution is 2.34. The molecule has 3 rings (SSSR count). The zero-order valence-corrected chi connectivity index (χ0v) is 20.4.